The Labute approximate surface area is 111 Å². The SMILES string of the molecule is CC(=O)N1c2c(ccc3ccccc23)CC1CCl. The molecule has 1 aliphatic heterocycles. The zero-order chi connectivity index (χ0) is 12.7. The molecule has 0 aliphatic carbocycles. The summed E-state index contributed by atoms with van der Waals surface area (Å²) in [6.45, 7) is 1.61. The summed E-state index contributed by atoms with van der Waals surface area (Å²) < 4.78 is 0. The Hall–Kier alpha value is -1.54. The molecule has 0 fully saturated rings. The molecule has 1 atom stereocenters. The van der Waals surface area contributed by atoms with Crippen LogP contribution in [0.25, 0.3) is 10.8 Å². The van der Waals surface area contributed by atoms with Gasteiger partial charge < -0.3 is 4.90 Å². The maximum Gasteiger partial charge on any atom is 0.224 e. The highest BCUT2D eigenvalue weighted by Crippen LogP contribution is 2.38. The van der Waals surface area contributed by atoms with E-state index in [-0.39, 0.29) is 11.9 Å². The van der Waals surface area contributed by atoms with E-state index >= 15 is 0 Å². The lowest BCUT2D eigenvalue weighted by Gasteiger charge is -2.23. The van der Waals surface area contributed by atoms with E-state index in [0.29, 0.717) is 5.88 Å². The first-order valence-corrected chi connectivity index (χ1v) is 6.62. The van der Waals surface area contributed by atoms with E-state index in [1.54, 1.807) is 6.92 Å². The van der Waals surface area contributed by atoms with Crippen LogP contribution in [0, 0.1) is 0 Å². The molecule has 0 bridgehead atoms. The zero-order valence-corrected chi connectivity index (χ0v) is 10.9. The first-order valence-electron chi connectivity index (χ1n) is 6.08. The average molecular weight is 260 g/mol. The molecule has 2 nitrogen and oxygen atoms in total. The van der Waals surface area contributed by atoms with Crippen LogP contribution in [0.1, 0.15) is 12.5 Å². The maximum absolute atomic E-state index is 11.9. The van der Waals surface area contributed by atoms with Gasteiger partial charge in [-0.3, -0.25) is 4.79 Å². The van der Waals surface area contributed by atoms with Crippen LogP contribution in [0.4, 0.5) is 5.69 Å². The number of hydrogen-bond acceptors (Lipinski definition) is 1. The smallest absolute Gasteiger partial charge is 0.224 e. The fraction of sp³-hybridized carbons (Fsp3) is 0.267. The summed E-state index contributed by atoms with van der Waals surface area (Å²) in [4.78, 5) is 13.7. The summed E-state index contributed by atoms with van der Waals surface area (Å²) >= 11 is 5.99. The molecule has 3 heteroatoms. The molecule has 0 saturated heterocycles. The van der Waals surface area contributed by atoms with Gasteiger partial charge in [0.15, 0.2) is 0 Å². The molecule has 0 spiro atoms. The highest BCUT2D eigenvalue weighted by Gasteiger charge is 2.32. The minimum Gasteiger partial charge on any atom is -0.307 e. The quantitative estimate of drug-likeness (QED) is 0.719. The van der Waals surface area contributed by atoms with Crippen molar-refractivity contribution in [2.45, 2.75) is 19.4 Å². The standard InChI is InChI=1S/C15H14ClNO/c1-10(18)17-13(9-16)8-12-7-6-11-4-2-3-5-14(11)15(12)17/h2-7,13H,8-9H2,1H3. The number of nitrogens with zero attached hydrogens (tertiary/aromatic N) is 1. The van der Waals surface area contributed by atoms with Crippen molar-refractivity contribution in [3.8, 4) is 0 Å². The Balaban J connectivity index is 2.27. The van der Waals surface area contributed by atoms with E-state index in [1.165, 1.54) is 5.56 Å². The zero-order valence-electron chi connectivity index (χ0n) is 10.2. The van der Waals surface area contributed by atoms with Crippen molar-refractivity contribution in [3.05, 3.63) is 42.0 Å². The van der Waals surface area contributed by atoms with Crippen molar-refractivity contribution >= 4 is 34.0 Å². The van der Waals surface area contributed by atoms with Crippen LogP contribution in [-0.4, -0.2) is 17.8 Å². The van der Waals surface area contributed by atoms with Gasteiger partial charge in [0.05, 0.1) is 11.7 Å². The third kappa shape index (κ3) is 1.60. The van der Waals surface area contributed by atoms with E-state index in [1.807, 2.05) is 17.0 Å². The van der Waals surface area contributed by atoms with E-state index in [9.17, 15) is 4.79 Å². The molecule has 18 heavy (non-hydrogen) atoms. The van der Waals surface area contributed by atoms with Crippen molar-refractivity contribution < 1.29 is 4.79 Å². The predicted molar refractivity (Wildman–Crippen MR) is 75.3 cm³/mol. The van der Waals surface area contributed by atoms with Crippen LogP contribution in [0.3, 0.4) is 0 Å². The van der Waals surface area contributed by atoms with E-state index in [2.05, 4.69) is 24.3 Å². The van der Waals surface area contributed by atoms with Gasteiger partial charge in [-0.2, -0.15) is 0 Å². The van der Waals surface area contributed by atoms with Crippen molar-refractivity contribution in [3.63, 3.8) is 0 Å². The largest absolute Gasteiger partial charge is 0.307 e. The third-order valence-corrected chi connectivity index (χ3v) is 3.92. The second kappa shape index (κ2) is 4.29. The lowest BCUT2D eigenvalue weighted by molar-refractivity contribution is -0.116. The van der Waals surface area contributed by atoms with Gasteiger partial charge in [-0.05, 0) is 17.4 Å². The van der Waals surface area contributed by atoms with Crippen LogP contribution < -0.4 is 4.90 Å². The highest BCUT2D eigenvalue weighted by atomic mass is 35.5. The molecule has 92 valence electrons. The first-order chi connectivity index (χ1) is 8.72. The van der Waals surface area contributed by atoms with Crippen LogP contribution >= 0.6 is 11.6 Å². The van der Waals surface area contributed by atoms with Crippen LogP contribution in [-0.2, 0) is 11.2 Å². The van der Waals surface area contributed by atoms with Gasteiger partial charge in [0, 0.05) is 18.2 Å². The fourth-order valence-corrected chi connectivity index (χ4v) is 3.06. The molecule has 1 amide bonds. The second-order valence-corrected chi connectivity index (χ2v) is 5.00. The summed E-state index contributed by atoms with van der Waals surface area (Å²) in [6, 6.07) is 12.5. The average Bonchev–Trinajstić information content (AvgIpc) is 2.77. The summed E-state index contributed by atoms with van der Waals surface area (Å²) in [6.07, 6.45) is 0.850. The van der Waals surface area contributed by atoms with E-state index < -0.39 is 0 Å². The second-order valence-electron chi connectivity index (χ2n) is 4.70. The first kappa shape index (κ1) is 11.5. The lowest BCUT2D eigenvalue weighted by Crippen LogP contribution is -2.37. The number of fused-ring (bicyclic) bond motifs is 3. The number of carbonyl (C=O) groups excluding carboxylic acids is 1. The van der Waals surface area contributed by atoms with Crippen molar-refractivity contribution in [1.82, 2.24) is 0 Å². The van der Waals surface area contributed by atoms with Crippen LogP contribution in [0.15, 0.2) is 36.4 Å². The Bertz CT molecular complexity index is 623. The Morgan fingerprint density at radius 1 is 1.33 bits per heavy atom. The molecule has 0 saturated carbocycles. The topological polar surface area (TPSA) is 20.3 Å². The van der Waals surface area contributed by atoms with Crippen molar-refractivity contribution in [1.29, 1.82) is 0 Å². The minimum atomic E-state index is 0.0655. The summed E-state index contributed by atoms with van der Waals surface area (Å²) in [5.41, 5.74) is 2.26. The molecule has 0 radical (unpaired) electrons. The van der Waals surface area contributed by atoms with Crippen molar-refractivity contribution in [2.24, 2.45) is 0 Å². The molecular weight excluding hydrogens is 246 g/mol. The third-order valence-electron chi connectivity index (χ3n) is 3.56. The van der Waals surface area contributed by atoms with Gasteiger partial charge in [0.2, 0.25) is 5.91 Å². The number of anilines is 1. The molecule has 1 heterocycles. The molecule has 2 aromatic carbocycles. The molecule has 2 aromatic rings. The Morgan fingerprint density at radius 3 is 2.83 bits per heavy atom. The summed E-state index contributed by atoms with van der Waals surface area (Å²) in [5.74, 6) is 0.540. The molecule has 0 aromatic heterocycles. The normalized spacial score (nSPS) is 18.1. The van der Waals surface area contributed by atoms with Gasteiger partial charge in [0.25, 0.3) is 0 Å². The number of hydrogen-bond donors (Lipinski definition) is 0. The van der Waals surface area contributed by atoms with Gasteiger partial charge in [-0.1, -0.05) is 36.4 Å². The number of alkyl halides is 1. The molecule has 1 unspecified atom stereocenters. The Morgan fingerprint density at radius 2 is 2.11 bits per heavy atom. The lowest BCUT2D eigenvalue weighted by atomic mass is 10.0. The predicted octanol–water partition coefficient (Wildman–Crippen LogP) is 3.36. The van der Waals surface area contributed by atoms with Crippen LogP contribution in [0.5, 0.6) is 0 Å². The highest BCUT2D eigenvalue weighted by molar-refractivity contribution is 6.19. The monoisotopic (exact) mass is 259 g/mol. The molecule has 0 N–H and O–H groups in total. The number of amides is 1. The minimum absolute atomic E-state index is 0.0655. The van der Waals surface area contributed by atoms with E-state index in [0.717, 1.165) is 22.9 Å². The number of rotatable bonds is 1. The maximum atomic E-state index is 11.9. The van der Waals surface area contributed by atoms with E-state index in [4.69, 9.17) is 11.6 Å². The van der Waals surface area contributed by atoms with Gasteiger partial charge in [-0.25, -0.2) is 0 Å². The molecule has 1 aliphatic rings. The van der Waals surface area contributed by atoms with Gasteiger partial charge in [0.1, 0.15) is 0 Å². The summed E-state index contributed by atoms with van der Waals surface area (Å²) in [7, 11) is 0. The van der Waals surface area contributed by atoms with Gasteiger partial charge >= 0.3 is 0 Å². The Kier molecular flexibility index (Phi) is 2.75. The fourth-order valence-electron chi connectivity index (χ4n) is 2.82. The number of halogens is 1. The number of carbonyl (C=O) groups is 1. The summed E-state index contributed by atoms with van der Waals surface area (Å²) in [5, 5.41) is 2.30. The molecule has 3 rings (SSSR count). The van der Waals surface area contributed by atoms with Crippen molar-refractivity contribution in [2.75, 3.05) is 10.8 Å². The number of benzene rings is 2. The molecular formula is C15H14ClNO. The van der Waals surface area contributed by atoms with Crippen LogP contribution in [0.2, 0.25) is 0 Å². The van der Waals surface area contributed by atoms with Gasteiger partial charge in [-0.15, -0.1) is 11.6 Å².